The van der Waals surface area contributed by atoms with Crippen LogP contribution in [0.2, 0.25) is 0 Å². The molecule has 0 aromatic rings. The third-order valence-corrected chi connectivity index (χ3v) is 6.07. The second kappa shape index (κ2) is 5.65. The van der Waals surface area contributed by atoms with Gasteiger partial charge in [0, 0.05) is 0 Å². The first-order valence-electron chi connectivity index (χ1n) is 5.35. The van der Waals surface area contributed by atoms with Gasteiger partial charge in [0.1, 0.15) is 0 Å². The van der Waals surface area contributed by atoms with Gasteiger partial charge in [0.2, 0.25) is 0 Å². The number of thiol groups is 4. The molecule has 0 unspecified atom stereocenters. The molecule has 4 heteroatoms. The fourth-order valence-corrected chi connectivity index (χ4v) is 2.93. The Morgan fingerprint density at radius 1 is 0.500 bits per heavy atom. The van der Waals surface area contributed by atoms with Gasteiger partial charge in [-0.05, 0) is 12.8 Å². The predicted molar refractivity (Wildman–Crippen MR) is 78.3 cm³/mol. The summed E-state index contributed by atoms with van der Waals surface area (Å²) in [5.41, 5.74) is 0. The average molecular weight is 269 g/mol. The fraction of sp³-hybridized carbons (Fsp3) is 1.00. The SMILES string of the molecule is SC1(S)CCCCCCCCC1(S)S. The van der Waals surface area contributed by atoms with Gasteiger partial charge in [0.05, 0.1) is 8.16 Å². The third-order valence-electron chi connectivity index (χ3n) is 2.94. The summed E-state index contributed by atoms with van der Waals surface area (Å²) in [5, 5.41) is 0. The van der Waals surface area contributed by atoms with Gasteiger partial charge in [0.15, 0.2) is 0 Å². The van der Waals surface area contributed by atoms with Crippen molar-refractivity contribution >= 4 is 50.5 Å². The fourth-order valence-electron chi connectivity index (χ4n) is 1.85. The summed E-state index contributed by atoms with van der Waals surface area (Å²) in [4.78, 5) is 0. The summed E-state index contributed by atoms with van der Waals surface area (Å²) >= 11 is 18.4. The highest BCUT2D eigenvalue weighted by Crippen LogP contribution is 2.48. The Labute approximate surface area is 110 Å². The van der Waals surface area contributed by atoms with Crippen LogP contribution in [0, 0.1) is 0 Å². The van der Waals surface area contributed by atoms with Crippen LogP contribution < -0.4 is 0 Å². The van der Waals surface area contributed by atoms with Gasteiger partial charge in [0.25, 0.3) is 0 Å². The zero-order chi connectivity index (χ0) is 10.7. The molecule has 0 bridgehead atoms. The van der Waals surface area contributed by atoms with Crippen molar-refractivity contribution in [3.05, 3.63) is 0 Å². The Hall–Kier alpha value is 1.40. The maximum atomic E-state index is 4.61. The van der Waals surface area contributed by atoms with Gasteiger partial charge in [-0.15, -0.1) is 0 Å². The van der Waals surface area contributed by atoms with Crippen LogP contribution in [0.3, 0.4) is 0 Å². The molecule has 0 aromatic heterocycles. The zero-order valence-electron chi connectivity index (χ0n) is 8.45. The lowest BCUT2D eigenvalue weighted by Gasteiger charge is -2.38. The molecule has 1 aliphatic carbocycles. The van der Waals surface area contributed by atoms with Crippen molar-refractivity contribution in [1.29, 1.82) is 0 Å². The van der Waals surface area contributed by atoms with Crippen LogP contribution in [0.4, 0.5) is 0 Å². The van der Waals surface area contributed by atoms with E-state index in [4.69, 9.17) is 0 Å². The van der Waals surface area contributed by atoms with Gasteiger partial charge in [-0.3, -0.25) is 0 Å². The summed E-state index contributed by atoms with van der Waals surface area (Å²) in [5.74, 6) is 0. The Morgan fingerprint density at radius 2 is 0.786 bits per heavy atom. The van der Waals surface area contributed by atoms with Crippen LogP contribution in [0.15, 0.2) is 0 Å². The standard InChI is InChI=1S/C10H20S4/c11-9(12)7-5-3-1-2-4-6-8-10(9,13)14/h11-14H,1-8H2. The van der Waals surface area contributed by atoms with E-state index in [-0.39, 0.29) is 8.16 Å². The largest absolute Gasteiger partial charge is 0.159 e. The summed E-state index contributed by atoms with van der Waals surface area (Å²) in [6, 6.07) is 0. The minimum atomic E-state index is -0.351. The first-order valence-corrected chi connectivity index (χ1v) is 7.14. The highest BCUT2D eigenvalue weighted by atomic mass is 32.2. The average Bonchev–Trinajstić information content (AvgIpc) is 2.08. The van der Waals surface area contributed by atoms with Crippen molar-refractivity contribution < 1.29 is 0 Å². The second-order valence-electron chi connectivity index (χ2n) is 4.25. The first-order chi connectivity index (χ1) is 6.46. The molecule has 1 aliphatic rings. The smallest absolute Gasteiger partial charge is 0.0784 e. The van der Waals surface area contributed by atoms with Gasteiger partial charge >= 0.3 is 0 Å². The van der Waals surface area contributed by atoms with Crippen LogP contribution in [0.25, 0.3) is 0 Å². The molecule has 0 radical (unpaired) electrons. The second-order valence-corrected chi connectivity index (χ2v) is 8.01. The lowest BCUT2D eigenvalue weighted by atomic mass is 9.99. The minimum Gasteiger partial charge on any atom is -0.159 e. The van der Waals surface area contributed by atoms with E-state index in [1.807, 2.05) is 0 Å². The molecule has 0 aliphatic heterocycles. The zero-order valence-corrected chi connectivity index (χ0v) is 12.0. The van der Waals surface area contributed by atoms with Gasteiger partial charge in [-0.2, -0.15) is 50.5 Å². The van der Waals surface area contributed by atoms with E-state index in [1.165, 1.54) is 38.5 Å². The van der Waals surface area contributed by atoms with E-state index in [1.54, 1.807) is 0 Å². The van der Waals surface area contributed by atoms with Crippen molar-refractivity contribution in [2.45, 2.75) is 59.5 Å². The summed E-state index contributed by atoms with van der Waals surface area (Å²) in [6.07, 6.45) is 9.65. The van der Waals surface area contributed by atoms with Crippen molar-refractivity contribution in [3.63, 3.8) is 0 Å². The summed E-state index contributed by atoms with van der Waals surface area (Å²) in [6.45, 7) is 0. The molecule has 1 saturated carbocycles. The van der Waals surface area contributed by atoms with Gasteiger partial charge in [-0.1, -0.05) is 38.5 Å². The Morgan fingerprint density at radius 3 is 1.14 bits per heavy atom. The number of hydrogen-bond acceptors (Lipinski definition) is 4. The lowest BCUT2D eigenvalue weighted by molar-refractivity contribution is 0.493. The van der Waals surface area contributed by atoms with Crippen LogP contribution in [-0.4, -0.2) is 8.16 Å². The molecule has 0 nitrogen and oxygen atoms in total. The quantitative estimate of drug-likeness (QED) is 0.367. The van der Waals surface area contributed by atoms with Crippen LogP contribution in [0.5, 0.6) is 0 Å². The van der Waals surface area contributed by atoms with Gasteiger partial charge < -0.3 is 0 Å². The molecule has 0 heterocycles. The molecular weight excluding hydrogens is 248 g/mol. The molecule has 1 rings (SSSR count). The Kier molecular flexibility index (Phi) is 5.43. The van der Waals surface area contributed by atoms with E-state index in [0.717, 1.165) is 12.8 Å². The Bertz CT molecular complexity index is 157. The lowest BCUT2D eigenvalue weighted by Crippen LogP contribution is -2.37. The van der Waals surface area contributed by atoms with Gasteiger partial charge in [-0.25, -0.2) is 0 Å². The topological polar surface area (TPSA) is 0 Å². The molecule has 0 spiro atoms. The maximum absolute atomic E-state index is 4.61. The predicted octanol–water partition coefficient (Wildman–Crippen LogP) is 4.23. The van der Waals surface area contributed by atoms with E-state index in [2.05, 4.69) is 50.5 Å². The van der Waals surface area contributed by atoms with Crippen molar-refractivity contribution in [2.24, 2.45) is 0 Å². The monoisotopic (exact) mass is 268 g/mol. The summed E-state index contributed by atoms with van der Waals surface area (Å²) < 4.78 is -0.701. The molecule has 0 atom stereocenters. The molecule has 14 heavy (non-hydrogen) atoms. The normalized spacial score (nSPS) is 28.3. The molecule has 0 amide bonds. The highest BCUT2D eigenvalue weighted by molar-refractivity contribution is 8.08. The van der Waals surface area contributed by atoms with E-state index in [0.29, 0.717) is 0 Å². The Balaban J connectivity index is 2.60. The third kappa shape index (κ3) is 3.76. The molecule has 84 valence electrons. The number of hydrogen-bond donors (Lipinski definition) is 4. The van der Waals surface area contributed by atoms with Crippen LogP contribution >= 0.6 is 50.5 Å². The molecule has 0 aromatic carbocycles. The minimum absolute atomic E-state index is 0.351. The highest BCUT2D eigenvalue weighted by Gasteiger charge is 2.40. The molecule has 1 fully saturated rings. The van der Waals surface area contributed by atoms with E-state index in [9.17, 15) is 0 Å². The molecule has 0 N–H and O–H groups in total. The van der Waals surface area contributed by atoms with Crippen molar-refractivity contribution in [1.82, 2.24) is 0 Å². The van der Waals surface area contributed by atoms with Crippen molar-refractivity contribution in [3.8, 4) is 0 Å². The first kappa shape index (κ1) is 13.5. The van der Waals surface area contributed by atoms with E-state index < -0.39 is 0 Å². The molecular formula is C10H20S4. The van der Waals surface area contributed by atoms with Crippen molar-refractivity contribution in [2.75, 3.05) is 0 Å². The summed E-state index contributed by atoms with van der Waals surface area (Å²) in [7, 11) is 0. The van der Waals surface area contributed by atoms with E-state index >= 15 is 0 Å². The maximum Gasteiger partial charge on any atom is 0.0784 e. The molecule has 0 saturated heterocycles. The van der Waals surface area contributed by atoms with Crippen LogP contribution in [0.1, 0.15) is 51.4 Å². The number of rotatable bonds is 0. The van der Waals surface area contributed by atoms with Crippen LogP contribution in [-0.2, 0) is 0 Å².